The molecule has 0 aliphatic carbocycles. The molecule has 1 aromatic heterocycles. The van der Waals surface area contributed by atoms with Gasteiger partial charge in [0.05, 0.1) is 0 Å². The molecule has 208 valence electrons. The highest BCUT2D eigenvalue weighted by Gasteiger charge is 2.54. The summed E-state index contributed by atoms with van der Waals surface area (Å²) in [5.74, 6) is -1.20. The van der Waals surface area contributed by atoms with Gasteiger partial charge in [0.2, 0.25) is 0 Å². The van der Waals surface area contributed by atoms with Gasteiger partial charge < -0.3 is 20.6 Å². The first-order valence-corrected chi connectivity index (χ1v) is 13.7. The smallest absolute Gasteiger partial charge is 0.356 e. The Kier molecular flexibility index (Phi) is 8.16. The number of nitrogens with one attached hydrogen (secondary N) is 1. The van der Waals surface area contributed by atoms with Crippen LogP contribution < -0.4 is 11.1 Å². The number of benzene rings is 2. The molecule has 2 aliphatic rings. The van der Waals surface area contributed by atoms with E-state index in [1.807, 2.05) is 60.7 Å². The van der Waals surface area contributed by atoms with Gasteiger partial charge in [-0.1, -0.05) is 84.5 Å². The third kappa shape index (κ3) is 5.57. The fourth-order valence-corrected chi connectivity index (χ4v) is 5.96. The van der Waals surface area contributed by atoms with Gasteiger partial charge in [0.15, 0.2) is 11.8 Å². The van der Waals surface area contributed by atoms with Crippen molar-refractivity contribution in [2.75, 3.05) is 18.6 Å². The maximum absolute atomic E-state index is 13.7. The molecule has 2 aliphatic heterocycles. The quantitative estimate of drug-likeness (QED) is 0.174. The molecular weight excluding hydrogens is 542 g/mol. The summed E-state index contributed by atoms with van der Waals surface area (Å²) in [6.45, 7) is 3.84. The highest BCUT2D eigenvalue weighted by Crippen LogP contribution is 2.41. The molecule has 0 bridgehead atoms. The number of esters is 1. The van der Waals surface area contributed by atoms with Gasteiger partial charge in [-0.15, -0.1) is 11.8 Å². The fraction of sp³-hybridized carbons (Fsp3) is 0.167. The van der Waals surface area contributed by atoms with Gasteiger partial charge in [-0.25, -0.2) is 9.78 Å². The lowest BCUT2D eigenvalue weighted by Crippen LogP contribution is -2.71. The summed E-state index contributed by atoms with van der Waals surface area (Å²) in [4.78, 5) is 50.6. The monoisotopic (exact) mass is 569 g/mol. The van der Waals surface area contributed by atoms with Crippen molar-refractivity contribution in [1.29, 1.82) is 0 Å². The van der Waals surface area contributed by atoms with E-state index in [1.54, 1.807) is 24.3 Å². The van der Waals surface area contributed by atoms with Crippen LogP contribution in [0.4, 0.5) is 5.82 Å². The van der Waals surface area contributed by atoms with Gasteiger partial charge in [-0.05, 0) is 28.8 Å². The number of thioether (sulfide) groups is 1. The second kappa shape index (κ2) is 12.1. The van der Waals surface area contributed by atoms with Crippen LogP contribution in [0.15, 0.2) is 108 Å². The van der Waals surface area contributed by atoms with Crippen molar-refractivity contribution in [3.8, 4) is 0 Å². The number of oxime groups is 1. The van der Waals surface area contributed by atoms with E-state index < -0.39 is 35.3 Å². The number of aromatic nitrogens is 1. The summed E-state index contributed by atoms with van der Waals surface area (Å²) in [7, 11) is 1.30. The molecular formula is C30H27N5O5S. The van der Waals surface area contributed by atoms with E-state index in [-0.39, 0.29) is 22.9 Å². The second-order valence-corrected chi connectivity index (χ2v) is 10.2. The molecule has 0 radical (unpaired) electrons. The lowest BCUT2D eigenvalue weighted by molar-refractivity contribution is -0.154. The van der Waals surface area contributed by atoms with E-state index in [9.17, 15) is 14.4 Å². The van der Waals surface area contributed by atoms with Crippen LogP contribution in [-0.4, -0.2) is 57.7 Å². The third-order valence-electron chi connectivity index (χ3n) is 6.56. The average molecular weight is 570 g/mol. The molecule has 3 aromatic rings. The highest BCUT2D eigenvalue weighted by atomic mass is 32.2. The van der Waals surface area contributed by atoms with Crippen molar-refractivity contribution >= 4 is 41.1 Å². The molecule has 1 fully saturated rings. The van der Waals surface area contributed by atoms with Crippen LogP contribution in [0, 0.1) is 0 Å². The van der Waals surface area contributed by atoms with Gasteiger partial charge >= 0.3 is 5.97 Å². The number of amides is 2. The predicted octanol–water partition coefficient (Wildman–Crippen LogP) is 3.19. The topological polar surface area (TPSA) is 136 Å². The number of carbonyl (C=O) groups excluding carboxylic acids is 3. The van der Waals surface area contributed by atoms with Crippen molar-refractivity contribution in [3.05, 3.63) is 120 Å². The van der Waals surface area contributed by atoms with E-state index in [4.69, 9.17) is 15.3 Å². The van der Waals surface area contributed by atoms with E-state index in [0.29, 0.717) is 11.3 Å². The zero-order valence-corrected chi connectivity index (χ0v) is 22.9. The SMILES string of the molecule is C=CC1=C(C(=O)OC(c2ccccc2)c2ccccc2)N2C(=O)C(NC(=O)C(=NOC)c3cccc(N)n3)[C@@H]2SC1. The number of hydrogen-bond donors (Lipinski definition) is 2. The number of anilines is 1. The van der Waals surface area contributed by atoms with Crippen molar-refractivity contribution in [3.63, 3.8) is 0 Å². The number of allylic oxidation sites excluding steroid dienone is 1. The Labute approximate surface area is 240 Å². The average Bonchev–Trinajstić information content (AvgIpc) is 3.01. The number of β-lactam (4-membered cyclic amide) rings is 1. The minimum absolute atomic E-state index is 0.111. The van der Waals surface area contributed by atoms with Crippen LogP contribution in [0.3, 0.4) is 0 Å². The summed E-state index contributed by atoms with van der Waals surface area (Å²) in [5.41, 5.74) is 8.07. The number of nitrogen functional groups attached to an aromatic ring is 1. The van der Waals surface area contributed by atoms with E-state index in [2.05, 4.69) is 22.0 Å². The summed E-state index contributed by atoms with van der Waals surface area (Å²) in [5, 5.41) is 5.96. The minimum Gasteiger partial charge on any atom is -0.448 e. The lowest BCUT2D eigenvalue weighted by atomic mass is 10.0. The van der Waals surface area contributed by atoms with Crippen molar-refractivity contribution in [1.82, 2.24) is 15.2 Å². The summed E-state index contributed by atoms with van der Waals surface area (Å²) < 4.78 is 6.06. The zero-order chi connectivity index (χ0) is 28.9. The molecule has 0 spiro atoms. The molecule has 5 rings (SSSR count). The standard InChI is InChI=1S/C30H27N5O5S/c1-3-18-17-41-29-24(33-27(36)23(34-39-2)21-15-10-16-22(31)32-21)28(37)35(29)25(18)30(38)40-26(19-11-6-4-7-12-19)20-13-8-5-9-14-20/h3-16,24,26,29H,1,17H2,2H3,(H2,31,32)(H,33,36)/t24?,29-/m0/s1. The second-order valence-electron chi connectivity index (χ2n) is 9.12. The number of rotatable bonds is 9. The van der Waals surface area contributed by atoms with Gasteiger partial charge in [-0.3, -0.25) is 14.5 Å². The number of carbonyl (C=O) groups is 3. The molecule has 10 nitrogen and oxygen atoms in total. The van der Waals surface area contributed by atoms with Gasteiger partial charge in [0.1, 0.15) is 35.7 Å². The van der Waals surface area contributed by atoms with Crippen LogP contribution in [0.25, 0.3) is 0 Å². The Morgan fingerprint density at radius 1 is 1.10 bits per heavy atom. The molecule has 41 heavy (non-hydrogen) atoms. The Balaban J connectivity index is 1.38. The number of ether oxygens (including phenoxy) is 1. The highest BCUT2D eigenvalue weighted by molar-refractivity contribution is 8.00. The normalized spacial score (nSPS) is 18.3. The number of nitrogens with zero attached hydrogens (tertiary/aromatic N) is 3. The fourth-order valence-electron chi connectivity index (χ4n) is 4.62. The molecule has 0 saturated carbocycles. The Bertz CT molecular complexity index is 1500. The zero-order valence-electron chi connectivity index (χ0n) is 22.1. The number of fused-ring (bicyclic) bond motifs is 1. The predicted molar refractivity (Wildman–Crippen MR) is 155 cm³/mol. The Morgan fingerprint density at radius 3 is 2.34 bits per heavy atom. The molecule has 11 heteroatoms. The first-order chi connectivity index (χ1) is 19.9. The molecule has 1 saturated heterocycles. The van der Waals surface area contributed by atoms with Gasteiger partial charge in [0.25, 0.3) is 11.8 Å². The molecule has 1 unspecified atom stereocenters. The van der Waals surface area contributed by atoms with Crippen LogP contribution in [0.2, 0.25) is 0 Å². The van der Waals surface area contributed by atoms with Gasteiger partial charge in [-0.2, -0.15) is 0 Å². The van der Waals surface area contributed by atoms with Crippen LogP contribution in [0.5, 0.6) is 0 Å². The van der Waals surface area contributed by atoms with Crippen LogP contribution >= 0.6 is 11.8 Å². The lowest BCUT2D eigenvalue weighted by Gasteiger charge is -2.49. The summed E-state index contributed by atoms with van der Waals surface area (Å²) in [6.07, 6.45) is 0.857. The molecule has 2 atom stereocenters. The number of nitrogens with two attached hydrogens (primary N) is 1. The molecule has 2 aromatic carbocycles. The van der Waals surface area contributed by atoms with Crippen molar-refractivity contribution in [2.24, 2.45) is 5.16 Å². The first-order valence-electron chi connectivity index (χ1n) is 12.7. The van der Waals surface area contributed by atoms with E-state index >= 15 is 0 Å². The molecule has 2 amide bonds. The largest absolute Gasteiger partial charge is 0.448 e. The Morgan fingerprint density at radius 2 is 1.76 bits per heavy atom. The summed E-state index contributed by atoms with van der Waals surface area (Å²) in [6, 6.07) is 22.6. The van der Waals surface area contributed by atoms with Crippen LogP contribution in [-0.2, 0) is 24.0 Å². The van der Waals surface area contributed by atoms with E-state index in [0.717, 1.165) is 11.1 Å². The first kappa shape index (κ1) is 27.7. The minimum atomic E-state index is -0.913. The number of hydrogen-bond acceptors (Lipinski definition) is 9. The van der Waals surface area contributed by atoms with Crippen molar-refractivity contribution < 1.29 is 24.0 Å². The summed E-state index contributed by atoms with van der Waals surface area (Å²) >= 11 is 1.40. The van der Waals surface area contributed by atoms with Crippen LogP contribution in [0.1, 0.15) is 22.9 Å². The molecule has 3 heterocycles. The van der Waals surface area contributed by atoms with Crippen molar-refractivity contribution in [2.45, 2.75) is 17.5 Å². The maximum atomic E-state index is 13.7. The Hall–Kier alpha value is -4.90. The maximum Gasteiger partial charge on any atom is 0.356 e. The van der Waals surface area contributed by atoms with E-state index in [1.165, 1.54) is 23.8 Å². The number of pyridine rings is 1. The van der Waals surface area contributed by atoms with Gasteiger partial charge in [0, 0.05) is 5.75 Å². The molecule has 3 N–H and O–H groups in total. The third-order valence-corrected chi connectivity index (χ3v) is 7.87.